The van der Waals surface area contributed by atoms with Crippen molar-refractivity contribution >= 4 is 12.0 Å². The van der Waals surface area contributed by atoms with Crippen LogP contribution < -0.4 is 5.32 Å². The number of ether oxygens (including phenoxy) is 1. The quantitative estimate of drug-likeness (QED) is 0.702. The topological polar surface area (TPSA) is 82.1 Å². The Morgan fingerprint density at radius 2 is 1.90 bits per heavy atom. The molecular formula is C14H27N3O4. The molecule has 0 aromatic rings. The normalized spacial score (nSPS) is 16.5. The summed E-state index contributed by atoms with van der Waals surface area (Å²) in [5.41, 5.74) is -0.521. The molecule has 7 heteroatoms. The Morgan fingerprint density at radius 3 is 2.43 bits per heavy atom. The zero-order valence-electron chi connectivity index (χ0n) is 13.2. The standard InChI is InChI=1S/C14H27N3O4/c1-14(2,3)17(11-12(18)19)13(20)15-5-4-6-16-7-9-21-10-8-16/h4-11H2,1-3H3,(H,15,20)(H,18,19). The molecule has 0 bridgehead atoms. The second kappa shape index (κ2) is 8.19. The Kier molecular flexibility index (Phi) is 6.91. The number of rotatable bonds is 6. The zero-order chi connectivity index (χ0) is 15.9. The number of morpholine rings is 1. The maximum Gasteiger partial charge on any atom is 0.323 e. The SMILES string of the molecule is CC(C)(C)N(CC(=O)O)C(=O)NCCCN1CCOCC1. The van der Waals surface area contributed by atoms with Gasteiger partial charge in [-0.15, -0.1) is 0 Å². The van der Waals surface area contributed by atoms with Crippen LogP contribution in [0.4, 0.5) is 4.79 Å². The summed E-state index contributed by atoms with van der Waals surface area (Å²) in [6.07, 6.45) is 0.844. The van der Waals surface area contributed by atoms with Gasteiger partial charge in [0.15, 0.2) is 0 Å². The number of nitrogens with zero attached hydrogens (tertiary/aromatic N) is 2. The highest BCUT2D eigenvalue weighted by Crippen LogP contribution is 2.12. The van der Waals surface area contributed by atoms with E-state index in [-0.39, 0.29) is 12.6 Å². The smallest absolute Gasteiger partial charge is 0.323 e. The average Bonchev–Trinajstić information content (AvgIpc) is 2.40. The van der Waals surface area contributed by atoms with Crippen LogP contribution in [0.3, 0.4) is 0 Å². The predicted octanol–water partition coefficient (Wildman–Crippen LogP) is 0.603. The van der Waals surface area contributed by atoms with E-state index in [1.807, 2.05) is 20.8 Å². The molecular weight excluding hydrogens is 274 g/mol. The van der Waals surface area contributed by atoms with Crippen molar-refractivity contribution in [3.05, 3.63) is 0 Å². The van der Waals surface area contributed by atoms with Gasteiger partial charge in [-0.25, -0.2) is 4.79 Å². The molecule has 1 aliphatic heterocycles. The number of amides is 2. The lowest BCUT2D eigenvalue weighted by Crippen LogP contribution is -2.52. The van der Waals surface area contributed by atoms with E-state index in [1.165, 1.54) is 4.90 Å². The van der Waals surface area contributed by atoms with Gasteiger partial charge < -0.3 is 20.1 Å². The lowest BCUT2D eigenvalue weighted by molar-refractivity contribution is -0.138. The van der Waals surface area contributed by atoms with E-state index in [2.05, 4.69) is 10.2 Å². The van der Waals surface area contributed by atoms with Gasteiger partial charge in [-0.3, -0.25) is 9.69 Å². The van der Waals surface area contributed by atoms with E-state index in [4.69, 9.17) is 9.84 Å². The minimum absolute atomic E-state index is 0.293. The second-order valence-electron chi connectivity index (χ2n) is 6.19. The van der Waals surface area contributed by atoms with Gasteiger partial charge in [0, 0.05) is 25.2 Å². The van der Waals surface area contributed by atoms with Crippen molar-refractivity contribution in [2.24, 2.45) is 0 Å². The minimum Gasteiger partial charge on any atom is -0.480 e. The summed E-state index contributed by atoms with van der Waals surface area (Å²) in [6.45, 7) is 10.0. The molecule has 0 radical (unpaired) electrons. The van der Waals surface area contributed by atoms with Crippen LogP contribution in [0.25, 0.3) is 0 Å². The van der Waals surface area contributed by atoms with Gasteiger partial charge in [-0.05, 0) is 33.7 Å². The molecule has 0 aliphatic carbocycles. The fourth-order valence-electron chi connectivity index (χ4n) is 2.17. The van der Waals surface area contributed by atoms with E-state index >= 15 is 0 Å². The summed E-state index contributed by atoms with van der Waals surface area (Å²) in [7, 11) is 0. The van der Waals surface area contributed by atoms with Crippen LogP contribution in [0, 0.1) is 0 Å². The third-order valence-electron chi connectivity index (χ3n) is 3.38. The van der Waals surface area contributed by atoms with Gasteiger partial charge in [-0.2, -0.15) is 0 Å². The van der Waals surface area contributed by atoms with Crippen molar-refractivity contribution in [2.45, 2.75) is 32.7 Å². The monoisotopic (exact) mass is 301 g/mol. The number of hydrogen-bond acceptors (Lipinski definition) is 4. The molecule has 0 atom stereocenters. The Hall–Kier alpha value is -1.34. The van der Waals surface area contributed by atoms with Gasteiger partial charge >= 0.3 is 12.0 Å². The van der Waals surface area contributed by atoms with Crippen molar-refractivity contribution < 1.29 is 19.4 Å². The van der Waals surface area contributed by atoms with Crippen LogP contribution in [0.5, 0.6) is 0 Å². The number of urea groups is 1. The lowest BCUT2D eigenvalue weighted by Gasteiger charge is -2.34. The summed E-state index contributed by atoms with van der Waals surface area (Å²) in [5, 5.41) is 11.7. The molecule has 7 nitrogen and oxygen atoms in total. The van der Waals surface area contributed by atoms with Gasteiger partial charge in [-0.1, -0.05) is 0 Å². The molecule has 1 fully saturated rings. The molecule has 0 unspecified atom stereocenters. The van der Waals surface area contributed by atoms with E-state index in [1.54, 1.807) is 0 Å². The predicted molar refractivity (Wildman–Crippen MR) is 79.4 cm³/mol. The number of carboxylic acids is 1. The molecule has 1 saturated heterocycles. The Bertz CT molecular complexity index is 349. The average molecular weight is 301 g/mol. The fraction of sp³-hybridized carbons (Fsp3) is 0.857. The van der Waals surface area contributed by atoms with Crippen molar-refractivity contribution in [3.63, 3.8) is 0 Å². The highest BCUT2D eigenvalue weighted by atomic mass is 16.5. The molecule has 1 rings (SSSR count). The molecule has 0 saturated carbocycles. The first-order valence-corrected chi connectivity index (χ1v) is 7.38. The summed E-state index contributed by atoms with van der Waals surface area (Å²) in [5.74, 6) is -1.01. The highest BCUT2D eigenvalue weighted by Gasteiger charge is 2.28. The van der Waals surface area contributed by atoms with Crippen LogP contribution >= 0.6 is 0 Å². The third-order valence-corrected chi connectivity index (χ3v) is 3.38. The molecule has 0 aromatic heterocycles. The molecule has 1 aliphatic rings. The van der Waals surface area contributed by atoms with E-state index in [0.29, 0.717) is 6.54 Å². The summed E-state index contributed by atoms with van der Waals surface area (Å²) in [4.78, 5) is 26.6. The zero-order valence-corrected chi connectivity index (χ0v) is 13.2. The maximum atomic E-state index is 12.1. The van der Waals surface area contributed by atoms with Crippen molar-refractivity contribution in [1.82, 2.24) is 15.1 Å². The summed E-state index contributed by atoms with van der Waals surface area (Å²) in [6, 6.07) is -0.327. The maximum absolute atomic E-state index is 12.1. The fourth-order valence-corrected chi connectivity index (χ4v) is 2.17. The van der Waals surface area contributed by atoms with Crippen molar-refractivity contribution in [2.75, 3.05) is 45.9 Å². The van der Waals surface area contributed by atoms with Crippen molar-refractivity contribution in [3.8, 4) is 0 Å². The molecule has 0 aromatic carbocycles. The largest absolute Gasteiger partial charge is 0.480 e. The van der Waals surface area contributed by atoms with Gasteiger partial charge in [0.1, 0.15) is 6.54 Å². The van der Waals surface area contributed by atoms with Crippen LogP contribution in [0.1, 0.15) is 27.2 Å². The van der Waals surface area contributed by atoms with E-state index in [9.17, 15) is 9.59 Å². The minimum atomic E-state index is -1.01. The van der Waals surface area contributed by atoms with Crippen molar-refractivity contribution in [1.29, 1.82) is 0 Å². The Morgan fingerprint density at radius 1 is 1.29 bits per heavy atom. The number of hydrogen-bond donors (Lipinski definition) is 2. The number of aliphatic carboxylic acids is 1. The molecule has 1 heterocycles. The van der Waals surface area contributed by atoms with Crippen LogP contribution in [0.2, 0.25) is 0 Å². The first-order chi connectivity index (χ1) is 9.80. The summed E-state index contributed by atoms with van der Waals surface area (Å²) >= 11 is 0. The number of nitrogens with one attached hydrogen (secondary N) is 1. The molecule has 122 valence electrons. The summed E-state index contributed by atoms with van der Waals surface area (Å²) < 4.78 is 5.28. The molecule has 2 amide bonds. The van der Waals surface area contributed by atoms with Gasteiger partial charge in [0.05, 0.1) is 13.2 Å². The Balaban J connectivity index is 2.31. The first kappa shape index (κ1) is 17.7. The van der Waals surface area contributed by atoms with Crippen LogP contribution in [-0.4, -0.2) is 78.4 Å². The lowest BCUT2D eigenvalue weighted by atomic mass is 10.1. The molecule has 21 heavy (non-hydrogen) atoms. The molecule has 0 spiro atoms. The number of carbonyl (C=O) groups is 2. The van der Waals surface area contributed by atoms with E-state index in [0.717, 1.165) is 39.3 Å². The van der Waals surface area contributed by atoms with Crippen LogP contribution in [0.15, 0.2) is 0 Å². The van der Waals surface area contributed by atoms with E-state index < -0.39 is 11.5 Å². The van der Waals surface area contributed by atoms with Gasteiger partial charge in [0.2, 0.25) is 0 Å². The first-order valence-electron chi connectivity index (χ1n) is 7.38. The van der Waals surface area contributed by atoms with Gasteiger partial charge in [0.25, 0.3) is 0 Å². The second-order valence-corrected chi connectivity index (χ2v) is 6.19. The highest BCUT2D eigenvalue weighted by molar-refractivity contribution is 5.80. The Labute approximate surface area is 126 Å². The van der Waals surface area contributed by atoms with Crippen LogP contribution in [-0.2, 0) is 9.53 Å². The molecule has 2 N–H and O–H groups in total. The number of carboxylic acid groups (broad SMARTS) is 1. The third kappa shape index (κ3) is 6.77. The number of carbonyl (C=O) groups excluding carboxylic acids is 1.